The second-order valence-corrected chi connectivity index (χ2v) is 8.64. The zero-order chi connectivity index (χ0) is 21.6. The predicted molar refractivity (Wildman–Crippen MR) is 125 cm³/mol. The lowest BCUT2D eigenvalue weighted by molar-refractivity contribution is -0.126. The third kappa shape index (κ3) is 5.09. The van der Waals surface area contributed by atoms with Gasteiger partial charge in [-0.3, -0.25) is 4.79 Å². The fraction of sp³-hybridized carbons (Fsp3) is 0.348. The maximum absolute atomic E-state index is 13.1. The van der Waals surface area contributed by atoms with Crippen molar-refractivity contribution in [3.05, 3.63) is 65.7 Å². The molecule has 7 heteroatoms. The molecule has 1 heterocycles. The fourth-order valence-corrected chi connectivity index (χ4v) is 4.08. The van der Waals surface area contributed by atoms with Crippen LogP contribution in [0.15, 0.2) is 59.6 Å². The molecule has 0 radical (unpaired) electrons. The number of anilines is 1. The van der Waals surface area contributed by atoms with Crippen molar-refractivity contribution in [2.45, 2.75) is 19.8 Å². The first kappa shape index (κ1) is 22.1. The molecule has 0 bridgehead atoms. The third-order valence-electron chi connectivity index (χ3n) is 5.40. The van der Waals surface area contributed by atoms with Crippen molar-refractivity contribution in [2.24, 2.45) is 16.1 Å². The Morgan fingerprint density at radius 2 is 1.73 bits per heavy atom. The summed E-state index contributed by atoms with van der Waals surface area (Å²) in [5.41, 5.74) is 9.28. The molecule has 0 aliphatic carbocycles. The molecular formula is C23H28N4O2S. The highest BCUT2D eigenvalue weighted by Crippen LogP contribution is 2.42. The molecule has 158 valence electrons. The molecule has 0 saturated carbocycles. The van der Waals surface area contributed by atoms with Gasteiger partial charge in [-0.2, -0.15) is 4.99 Å². The van der Waals surface area contributed by atoms with E-state index in [9.17, 15) is 4.79 Å². The summed E-state index contributed by atoms with van der Waals surface area (Å²) in [5, 5.41) is 7.23. The van der Waals surface area contributed by atoms with Crippen LogP contribution in [0, 0.1) is 10.8 Å². The van der Waals surface area contributed by atoms with E-state index in [-0.39, 0.29) is 17.0 Å². The monoisotopic (exact) mass is 424 g/mol. The first-order valence-electron chi connectivity index (χ1n) is 9.95. The van der Waals surface area contributed by atoms with Crippen molar-refractivity contribution < 1.29 is 9.53 Å². The van der Waals surface area contributed by atoms with Crippen molar-refractivity contribution in [1.82, 2.24) is 0 Å². The minimum absolute atomic E-state index is 0.0811. The molecule has 0 spiro atoms. The number of morpholine rings is 1. The van der Waals surface area contributed by atoms with E-state index in [2.05, 4.69) is 34.2 Å². The highest BCUT2D eigenvalue weighted by atomic mass is 32.2. The van der Waals surface area contributed by atoms with Gasteiger partial charge in [0, 0.05) is 24.7 Å². The van der Waals surface area contributed by atoms with Crippen LogP contribution in [0.3, 0.4) is 0 Å². The molecule has 3 rings (SSSR count). The van der Waals surface area contributed by atoms with Gasteiger partial charge in [-0.05, 0) is 35.0 Å². The van der Waals surface area contributed by atoms with E-state index in [1.807, 2.05) is 44.2 Å². The number of hydrogen-bond acceptors (Lipinski definition) is 5. The number of amides is 1. The lowest BCUT2D eigenvalue weighted by Crippen LogP contribution is -2.36. The van der Waals surface area contributed by atoms with Gasteiger partial charge in [0.1, 0.15) is 0 Å². The Labute approximate surface area is 182 Å². The number of thioether (sulfide) groups is 1. The van der Waals surface area contributed by atoms with Gasteiger partial charge < -0.3 is 20.8 Å². The maximum atomic E-state index is 13.1. The van der Waals surface area contributed by atoms with Crippen molar-refractivity contribution in [3.63, 3.8) is 0 Å². The largest absolute Gasteiger partial charge is 0.378 e. The number of amidine groups is 1. The Morgan fingerprint density at radius 3 is 2.33 bits per heavy atom. The number of aliphatic imine (C=N–C) groups is 1. The number of nitrogens with two attached hydrogens (primary N) is 1. The Balaban J connectivity index is 1.96. The Bertz CT molecular complexity index is 891. The second kappa shape index (κ2) is 9.91. The quantitative estimate of drug-likeness (QED) is 0.543. The van der Waals surface area contributed by atoms with Crippen LogP contribution in [0.5, 0.6) is 0 Å². The first-order valence-corrected chi connectivity index (χ1v) is 10.8. The van der Waals surface area contributed by atoms with Gasteiger partial charge >= 0.3 is 0 Å². The number of nitrogens with zero attached hydrogens (tertiary/aromatic N) is 2. The average molecular weight is 425 g/mol. The van der Waals surface area contributed by atoms with Crippen LogP contribution >= 0.6 is 11.8 Å². The number of rotatable bonds is 6. The van der Waals surface area contributed by atoms with Gasteiger partial charge in [-0.25, -0.2) is 0 Å². The summed E-state index contributed by atoms with van der Waals surface area (Å²) in [6.07, 6.45) is 0. The summed E-state index contributed by atoms with van der Waals surface area (Å²) in [6.45, 7) is 7.03. The maximum Gasteiger partial charge on any atom is 0.254 e. The summed E-state index contributed by atoms with van der Waals surface area (Å²) in [7, 11) is 0. The van der Waals surface area contributed by atoms with Crippen LogP contribution < -0.4 is 10.6 Å². The first-order chi connectivity index (χ1) is 14.4. The number of carbonyl (C=O) groups is 1. The highest BCUT2D eigenvalue weighted by Gasteiger charge is 2.39. The van der Waals surface area contributed by atoms with Crippen molar-refractivity contribution in [3.8, 4) is 0 Å². The summed E-state index contributed by atoms with van der Waals surface area (Å²) < 4.78 is 5.44. The van der Waals surface area contributed by atoms with Crippen molar-refractivity contribution >= 4 is 34.1 Å². The van der Waals surface area contributed by atoms with Gasteiger partial charge in [0.05, 0.1) is 24.2 Å². The molecule has 1 fully saturated rings. The molecule has 2 aromatic carbocycles. The molecule has 0 aromatic heterocycles. The molecule has 0 unspecified atom stereocenters. The van der Waals surface area contributed by atoms with Gasteiger partial charge in [0.15, 0.2) is 5.17 Å². The molecular weight excluding hydrogens is 396 g/mol. The van der Waals surface area contributed by atoms with Crippen LogP contribution in [0.1, 0.15) is 30.9 Å². The number of benzene rings is 2. The zero-order valence-electron chi connectivity index (χ0n) is 17.4. The predicted octanol–water partition coefficient (Wildman–Crippen LogP) is 3.86. The lowest BCUT2D eigenvalue weighted by atomic mass is 9.70. The second-order valence-electron chi connectivity index (χ2n) is 7.75. The Morgan fingerprint density at radius 1 is 1.13 bits per heavy atom. The molecule has 1 aliphatic heterocycles. The van der Waals surface area contributed by atoms with E-state index in [1.165, 1.54) is 0 Å². The summed E-state index contributed by atoms with van der Waals surface area (Å²) in [5.74, 6) is -0.494. The number of hydrogen-bond donors (Lipinski definition) is 2. The minimum atomic E-state index is -0.824. The molecule has 1 amide bonds. The SMILES string of the molecule is CC(C)(C(=O)N=C(N)SC=N)[C@H](c1ccccc1)c1ccc(N2CCOCC2)cc1. The molecule has 1 aliphatic rings. The van der Waals surface area contributed by atoms with E-state index in [1.54, 1.807) is 0 Å². The van der Waals surface area contributed by atoms with Crippen molar-refractivity contribution in [1.29, 1.82) is 5.41 Å². The summed E-state index contributed by atoms with van der Waals surface area (Å²) >= 11 is 0.930. The highest BCUT2D eigenvalue weighted by molar-refractivity contribution is 8.24. The molecule has 30 heavy (non-hydrogen) atoms. The molecule has 1 saturated heterocycles. The molecule has 2 aromatic rings. The Kier molecular flexibility index (Phi) is 7.29. The third-order valence-corrected chi connectivity index (χ3v) is 5.85. The molecule has 1 atom stereocenters. The van der Waals surface area contributed by atoms with Crippen LogP contribution in [-0.2, 0) is 9.53 Å². The topological polar surface area (TPSA) is 91.8 Å². The van der Waals surface area contributed by atoms with E-state index < -0.39 is 5.41 Å². The normalized spacial score (nSPS) is 16.2. The van der Waals surface area contributed by atoms with Crippen LogP contribution in [0.2, 0.25) is 0 Å². The molecule has 6 nitrogen and oxygen atoms in total. The standard InChI is InChI=1S/C23H28N4O2S/c1-23(2,21(28)26-22(25)30-16-24)20(17-6-4-3-5-7-17)18-8-10-19(11-9-18)27-12-14-29-15-13-27/h3-11,16,20,24H,12-15H2,1-2H3,(H2,25,26,28)/t20-/m1/s1. The van der Waals surface area contributed by atoms with E-state index in [0.29, 0.717) is 0 Å². The van der Waals surface area contributed by atoms with Crippen molar-refractivity contribution in [2.75, 3.05) is 31.2 Å². The van der Waals surface area contributed by atoms with Crippen LogP contribution in [0.25, 0.3) is 0 Å². The lowest BCUT2D eigenvalue weighted by Gasteiger charge is -2.33. The van der Waals surface area contributed by atoms with E-state index >= 15 is 0 Å². The van der Waals surface area contributed by atoms with Gasteiger partial charge in [-0.15, -0.1) is 0 Å². The van der Waals surface area contributed by atoms with E-state index in [4.69, 9.17) is 15.9 Å². The molecule has 3 N–H and O–H groups in total. The van der Waals surface area contributed by atoms with E-state index in [0.717, 1.165) is 60.4 Å². The van der Waals surface area contributed by atoms with Gasteiger partial charge in [0.2, 0.25) is 0 Å². The average Bonchev–Trinajstić information content (AvgIpc) is 2.76. The summed E-state index contributed by atoms with van der Waals surface area (Å²) in [6, 6.07) is 18.4. The Hall–Kier alpha value is -2.64. The number of ether oxygens (including phenoxy) is 1. The van der Waals surface area contributed by atoms with Crippen LogP contribution in [-0.4, -0.2) is 42.9 Å². The van der Waals surface area contributed by atoms with Gasteiger partial charge in [0.25, 0.3) is 5.91 Å². The number of nitrogens with one attached hydrogen (secondary N) is 1. The van der Waals surface area contributed by atoms with Gasteiger partial charge in [-0.1, -0.05) is 56.3 Å². The fourth-order valence-electron chi connectivity index (χ4n) is 3.82. The number of carbonyl (C=O) groups excluding carboxylic acids is 1. The smallest absolute Gasteiger partial charge is 0.254 e. The van der Waals surface area contributed by atoms with Crippen LogP contribution in [0.4, 0.5) is 5.69 Å². The minimum Gasteiger partial charge on any atom is -0.378 e. The summed E-state index contributed by atoms with van der Waals surface area (Å²) in [4.78, 5) is 19.4. The zero-order valence-corrected chi connectivity index (χ0v) is 18.2.